The Balaban J connectivity index is 2.45. The number of halogens is 1. The van der Waals surface area contributed by atoms with Crippen LogP contribution in [0.3, 0.4) is 0 Å². The van der Waals surface area contributed by atoms with E-state index >= 15 is 0 Å². The summed E-state index contributed by atoms with van der Waals surface area (Å²) in [6.45, 7) is 5.03. The van der Waals surface area contributed by atoms with E-state index in [0.717, 1.165) is 17.6 Å². The molecule has 1 atom stereocenters. The van der Waals surface area contributed by atoms with Crippen LogP contribution >= 0.6 is 22.6 Å². The molecule has 90 valence electrons. The van der Waals surface area contributed by atoms with Gasteiger partial charge in [-0.1, -0.05) is 6.92 Å². The van der Waals surface area contributed by atoms with E-state index in [9.17, 15) is 0 Å². The number of pyridine rings is 1. The lowest BCUT2D eigenvalue weighted by Gasteiger charge is -2.10. The van der Waals surface area contributed by atoms with E-state index in [1.165, 1.54) is 14.5 Å². The zero-order valence-electron chi connectivity index (χ0n) is 10.2. The zero-order valence-corrected chi connectivity index (χ0v) is 12.4. The van der Waals surface area contributed by atoms with Crippen molar-refractivity contribution in [2.75, 3.05) is 6.54 Å². The molecule has 0 aliphatic rings. The van der Waals surface area contributed by atoms with Gasteiger partial charge in [-0.15, -0.1) is 0 Å². The molecule has 1 aromatic carbocycles. The Kier molecular flexibility index (Phi) is 3.99. The van der Waals surface area contributed by atoms with E-state index in [4.69, 9.17) is 10.7 Å². The van der Waals surface area contributed by atoms with Crippen LogP contribution in [0.15, 0.2) is 24.3 Å². The molecule has 0 bridgehead atoms. The van der Waals surface area contributed by atoms with Crippen molar-refractivity contribution in [3.63, 3.8) is 0 Å². The van der Waals surface area contributed by atoms with Gasteiger partial charge in [-0.25, -0.2) is 0 Å². The molecule has 1 aromatic heterocycles. The van der Waals surface area contributed by atoms with Crippen molar-refractivity contribution in [2.45, 2.75) is 20.3 Å². The molecule has 0 amide bonds. The van der Waals surface area contributed by atoms with E-state index in [1.54, 1.807) is 0 Å². The average molecular weight is 340 g/mol. The monoisotopic (exact) mass is 340 g/mol. The van der Waals surface area contributed by atoms with Crippen molar-refractivity contribution in [3.8, 4) is 0 Å². The van der Waals surface area contributed by atoms with Gasteiger partial charge in [-0.2, -0.15) is 0 Å². The second-order valence-electron chi connectivity index (χ2n) is 4.64. The summed E-state index contributed by atoms with van der Waals surface area (Å²) < 4.78 is 1.25. The summed E-state index contributed by atoms with van der Waals surface area (Å²) >= 11 is 2.33. The first-order valence-corrected chi connectivity index (χ1v) is 6.94. The largest absolute Gasteiger partial charge is 0.330 e. The van der Waals surface area contributed by atoms with E-state index in [2.05, 4.69) is 60.7 Å². The Morgan fingerprint density at radius 3 is 2.82 bits per heavy atom. The first-order chi connectivity index (χ1) is 8.10. The van der Waals surface area contributed by atoms with Crippen molar-refractivity contribution < 1.29 is 0 Å². The smallest absolute Gasteiger partial charge is 0.0708 e. The lowest BCUT2D eigenvalue weighted by atomic mass is 10.0. The molecule has 0 aliphatic heterocycles. The van der Waals surface area contributed by atoms with Gasteiger partial charge in [-0.05, 0) is 78.2 Å². The summed E-state index contributed by atoms with van der Waals surface area (Å²) in [5.74, 6) is 0.489. The lowest BCUT2D eigenvalue weighted by molar-refractivity contribution is 0.585. The SMILES string of the molecule is Cc1cc(CC(C)CN)nc2ccc(I)cc12. The molecule has 1 heterocycles. The van der Waals surface area contributed by atoms with Gasteiger partial charge in [-0.3, -0.25) is 4.98 Å². The summed E-state index contributed by atoms with van der Waals surface area (Å²) in [6, 6.07) is 8.57. The van der Waals surface area contributed by atoms with Gasteiger partial charge >= 0.3 is 0 Å². The summed E-state index contributed by atoms with van der Waals surface area (Å²) in [6.07, 6.45) is 0.958. The highest BCUT2D eigenvalue weighted by molar-refractivity contribution is 14.1. The Labute approximate surface area is 116 Å². The Hall–Kier alpha value is -0.680. The number of nitrogens with zero attached hydrogens (tertiary/aromatic N) is 1. The van der Waals surface area contributed by atoms with Crippen LogP contribution in [0.1, 0.15) is 18.2 Å². The van der Waals surface area contributed by atoms with Crippen LogP contribution in [0.5, 0.6) is 0 Å². The Morgan fingerprint density at radius 1 is 1.35 bits per heavy atom. The van der Waals surface area contributed by atoms with Gasteiger partial charge in [0.15, 0.2) is 0 Å². The van der Waals surface area contributed by atoms with E-state index in [0.29, 0.717) is 12.5 Å². The van der Waals surface area contributed by atoms with Crippen LogP contribution in [0, 0.1) is 16.4 Å². The molecule has 2 N–H and O–H groups in total. The predicted octanol–water partition coefficient (Wildman–Crippen LogP) is 3.29. The maximum absolute atomic E-state index is 5.66. The maximum atomic E-state index is 5.66. The number of fused-ring (bicyclic) bond motifs is 1. The van der Waals surface area contributed by atoms with Crippen molar-refractivity contribution in [3.05, 3.63) is 39.1 Å². The third-order valence-corrected chi connectivity index (χ3v) is 3.66. The van der Waals surface area contributed by atoms with Crippen molar-refractivity contribution in [1.82, 2.24) is 4.98 Å². The molecule has 2 nitrogen and oxygen atoms in total. The summed E-state index contributed by atoms with van der Waals surface area (Å²) in [7, 11) is 0. The van der Waals surface area contributed by atoms with Gasteiger partial charge in [0.05, 0.1) is 5.52 Å². The van der Waals surface area contributed by atoms with Gasteiger partial charge < -0.3 is 5.73 Å². The third-order valence-electron chi connectivity index (χ3n) is 2.99. The molecule has 3 heteroatoms. The average Bonchev–Trinajstić information content (AvgIpc) is 2.30. The van der Waals surface area contributed by atoms with Crippen LogP contribution in [0.25, 0.3) is 10.9 Å². The lowest BCUT2D eigenvalue weighted by Crippen LogP contribution is -2.14. The number of nitrogens with two attached hydrogens (primary N) is 1. The highest BCUT2D eigenvalue weighted by atomic mass is 127. The molecule has 0 aliphatic carbocycles. The molecular formula is C14H17IN2. The minimum absolute atomic E-state index is 0.489. The van der Waals surface area contributed by atoms with Gasteiger partial charge in [0.1, 0.15) is 0 Å². The third kappa shape index (κ3) is 2.96. The Morgan fingerprint density at radius 2 is 2.12 bits per heavy atom. The fourth-order valence-electron chi connectivity index (χ4n) is 1.98. The first kappa shape index (κ1) is 12.8. The Bertz CT molecular complexity index is 537. The zero-order chi connectivity index (χ0) is 12.4. The number of aromatic nitrogens is 1. The van der Waals surface area contributed by atoms with Crippen LogP contribution in [0.2, 0.25) is 0 Å². The summed E-state index contributed by atoms with van der Waals surface area (Å²) in [4.78, 5) is 4.71. The van der Waals surface area contributed by atoms with E-state index in [-0.39, 0.29) is 0 Å². The topological polar surface area (TPSA) is 38.9 Å². The number of hydrogen-bond donors (Lipinski definition) is 1. The summed E-state index contributed by atoms with van der Waals surface area (Å²) in [5.41, 5.74) is 9.20. The predicted molar refractivity (Wildman–Crippen MR) is 81.1 cm³/mol. The molecule has 17 heavy (non-hydrogen) atoms. The van der Waals surface area contributed by atoms with Crippen molar-refractivity contribution >= 4 is 33.5 Å². The molecule has 0 saturated heterocycles. The van der Waals surface area contributed by atoms with Gasteiger partial charge in [0.2, 0.25) is 0 Å². The first-order valence-electron chi connectivity index (χ1n) is 5.86. The molecule has 0 spiro atoms. The van der Waals surface area contributed by atoms with Crippen LogP contribution < -0.4 is 5.73 Å². The minimum atomic E-state index is 0.489. The molecule has 0 fully saturated rings. The standard InChI is InChI=1S/C14H17IN2/c1-9(8-16)5-12-6-10(2)13-7-11(15)3-4-14(13)17-12/h3-4,6-7,9H,5,8,16H2,1-2H3. The number of rotatable bonds is 3. The number of aryl methyl sites for hydroxylation is 1. The van der Waals surface area contributed by atoms with Gasteiger partial charge in [0, 0.05) is 14.7 Å². The molecule has 2 aromatic rings. The fraction of sp³-hybridized carbons (Fsp3) is 0.357. The number of hydrogen-bond acceptors (Lipinski definition) is 2. The van der Waals surface area contributed by atoms with E-state index < -0.39 is 0 Å². The molecule has 0 saturated carbocycles. The second kappa shape index (κ2) is 5.31. The maximum Gasteiger partial charge on any atom is 0.0708 e. The molecular weight excluding hydrogens is 323 g/mol. The van der Waals surface area contributed by atoms with Crippen LogP contribution in [-0.4, -0.2) is 11.5 Å². The van der Waals surface area contributed by atoms with Crippen LogP contribution in [0.4, 0.5) is 0 Å². The molecule has 1 unspecified atom stereocenters. The number of benzene rings is 1. The van der Waals surface area contributed by atoms with Gasteiger partial charge in [0.25, 0.3) is 0 Å². The molecule has 2 rings (SSSR count). The minimum Gasteiger partial charge on any atom is -0.330 e. The van der Waals surface area contributed by atoms with Crippen molar-refractivity contribution in [1.29, 1.82) is 0 Å². The second-order valence-corrected chi connectivity index (χ2v) is 5.88. The highest BCUT2D eigenvalue weighted by Gasteiger charge is 2.06. The van der Waals surface area contributed by atoms with Crippen LogP contribution in [-0.2, 0) is 6.42 Å². The quantitative estimate of drug-likeness (QED) is 0.871. The van der Waals surface area contributed by atoms with E-state index in [1.807, 2.05) is 0 Å². The fourth-order valence-corrected chi connectivity index (χ4v) is 2.47. The molecule has 0 radical (unpaired) electrons. The highest BCUT2D eigenvalue weighted by Crippen LogP contribution is 2.21. The van der Waals surface area contributed by atoms with Crippen molar-refractivity contribution in [2.24, 2.45) is 11.7 Å². The normalized spacial score (nSPS) is 12.9. The summed E-state index contributed by atoms with van der Waals surface area (Å²) in [5, 5.41) is 1.25.